The van der Waals surface area contributed by atoms with E-state index < -0.39 is 100 Å². The molecule has 75 heavy (non-hydrogen) atoms. The number of nitrogens with zero attached hydrogens (tertiary/aromatic N) is 6. The summed E-state index contributed by atoms with van der Waals surface area (Å²) in [5.74, 6) is -4.76. The number of nitrogens with one attached hydrogen (secondary N) is 1. The van der Waals surface area contributed by atoms with Gasteiger partial charge in [-0.05, 0) is 68.9 Å². The number of ether oxygens (including phenoxy) is 5. The fraction of sp³-hybridized carbons (Fsp3) is 0.600. The molecular formula is C50H69N7O18. The van der Waals surface area contributed by atoms with E-state index in [9.17, 15) is 64.4 Å². The molecule has 2 aliphatic rings. The lowest BCUT2D eigenvalue weighted by Crippen LogP contribution is -2.61. The molecule has 3 heterocycles. The van der Waals surface area contributed by atoms with Crippen molar-refractivity contribution >= 4 is 47.0 Å². The number of aliphatic hydroxyl groups excluding tert-OH is 3. The van der Waals surface area contributed by atoms with Crippen molar-refractivity contribution in [3.63, 3.8) is 0 Å². The number of methoxy groups -OCH3 is 1. The quantitative estimate of drug-likeness (QED) is 0.0346. The summed E-state index contributed by atoms with van der Waals surface area (Å²) in [7, 11) is 1.54. The van der Waals surface area contributed by atoms with Crippen molar-refractivity contribution in [3.05, 3.63) is 75.6 Å². The molecule has 2 fully saturated rings. The van der Waals surface area contributed by atoms with Crippen molar-refractivity contribution in [2.24, 2.45) is 5.92 Å². The Labute approximate surface area is 433 Å². The lowest BCUT2D eigenvalue weighted by Gasteiger charge is -2.38. The van der Waals surface area contributed by atoms with Crippen LogP contribution in [0.1, 0.15) is 109 Å². The molecular weight excluding hydrogens is 987 g/mol. The number of benzene rings is 2. The highest BCUT2D eigenvalue weighted by Gasteiger charge is 2.49. The van der Waals surface area contributed by atoms with E-state index in [1.54, 1.807) is 36.1 Å². The third-order valence-corrected chi connectivity index (χ3v) is 13.7. The first-order valence-electron chi connectivity index (χ1n) is 24.8. The van der Waals surface area contributed by atoms with Crippen molar-refractivity contribution in [1.29, 1.82) is 0 Å². The van der Waals surface area contributed by atoms with Crippen LogP contribution in [-0.4, -0.2) is 161 Å². The van der Waals surface area contributed by atoms with Crippen LogP contribution in [0, 0.1) is 16.0 Å². The minimum Gasteiger partial charge on any atom is -0.481 e. The second-order valence-electron chi connectivity index (χ2n) is 19.3. The maximum Gasteiger partial charge on any atom is 0.335 e. The van der Waals surface area contributed by atoms with Crippen LogP contribution in [0.2, 0.25) is 0 Å². The first kappa shape index (κ1) is 59.2. The molecule has 2 saturated heterocycles. The molecule has 0 saturated carbocycles. The first-order chi connectivity index (χ1) is 35.4. The largest absolute Gasteiger partial charge is 0.481 e. The van der Waals surface area contributed by atoms with Crippen LogP contribution < -0.4 is 15.0 Å². The van der Waals surface area contributed by atoms with E-state index in [0.717, 1.165) is 12.1 Å². The number of aliphatic carboxylic acids is 2. The zero-order valence-corrected chi connectivity index (χ0v) is 43.2. The van der Waals surface area contributed by atoms with Crippen molar-refractivity contribution in [2.45, 2.75) is 160 Å². The SMILES string of the molecule is CCC(=O)OC(Cc1cn(CCN(CC(=O)NC(C)(CC)CCOC(C)(CC)CCC(=O)O)C(=O)Cc2ccc(N3C(=O)CC(C)C3OC)cc2)nn1)c1ccc(O[C@@H]2O[C@H](C(=O)O)[C@@H](O)[C@H](O)[C@H]2O)c([N+](=O)[O-])c1. The standard InChI is InChI=1S/C50H69N7O18/c1-8-41(63)73-36(31-13-16-35(34(25-31)57(69)70)74-48-44(66)42(64)43(65)45(75-48)47(67)68)26-32-27-55(53-52-32)21-20-54(28-37(58)51-49(5,9-2)19-22-72-50(6,10-3)18-17-40(61)62)38(59)24-30-11-14-33(15-12-30)56-39(60)23-29(4)46(56)71-7/h11-16,25,27,29,36,42-46,48,64-66H,8-10,17-24,26,28H2,1-7H3,(H,51,58)(H,61,62)(H,67,68)/t29?,36?,42-,43-,44+,45-,46?,48+,49?,50?/m0/s1. The lowest BCUT2D eigenvalue weighted by molar-refractivity contribution is -0.387. The van der Waals surface area contributed by atoms with Gasteiger partial charge in [-0.3, -0.25) is 43.7 Å². The van der Waals surface area contributed by atoms with Gasteiger partial charge in [0.1, 0.15) is 30.6 Å². The van der Waals surface area contributed by atoms with Crippen LogP contribution in [0.5, 0.6) is 5.75 Å². The third kappa shape index (κ3) is 15.7. The van der Waals surface area contributed by atoms with Gasteiger partial charge in [-0.15, -0.1) is 5.10 Å². The van der Waals surface area contributed by atoms with Gasteiger partial charge in [-0.1, -0.05) is 51.1 Å². The number of hydrogen-bond donors (Lipinski definition) is 6. The van der Waals surface area contributed by atoms with Crippen LogP contribution >= 0.6 is 0 Å². The van der Waals surface area contributed by atoms with E-state index in [2.05, 4.69) is 15.6 Å². The number of aliphatic hydroxyl groups is 3. The van der Waals surface area contributed by atoms with Gasteiger partial charge in [0, 0.05) is 75.4 Å². The number of anilines is 1. The van der Waals surface area contributed by atoms with Gasteiger partial charge in [0.2, 0.25) is 24.0 Å². The second kappa shape index (κ2) is 26.2. The normalized spacial score (nSPS) is 22.6. The molecule has 6 N–H and O–H groups in total. The molecule has 0 spiro atoms. The maximum atomic E-state index is 14.2. The summed E-state index contributed by atoms with van der Waals surface area (Å²) in [4.78, 5) is 90.9. The van der Waals surface area contributed by atoms with Crippen molar-refractivity contribution < 1.29 is 82.9 Å². The van der Waals surface area contributed by atoms with Crippen LogP contribution in [0.15, 0.2) is 48.7 Å². The molecule has 3 amide bonds. The fourth-order valence-corrected chi connectivity index (χ4v) is 8.65. The minimum absolute atomic E-state index is 0.0246. The van der Waals surface area contributed by atoms with Crippen molar-refractivity contribution in [1.82, 2.24) is 25.2 Å². The molecule has 2 aliphatic heterocycles. The van der Waals surface area contributed by atoms with Gasteiger partial charge >= 0.3 is 23.6 Å². The van der Waals surface area contributed by atoms with Gasteiger partial charge in [-0.2, -0.15) is 0 Å². The number of carboxylic acids is 2. The number of amides is 3. The maximum absolute atomic E-state index is 14.2. The Hall–Kier alpha value is -6.64. The summed E-state index contributed by atoms with van der Waals surface area (Å²) >= 11 is 0. The summed E-state index contributed by atoms with van der Waals surface area (Å²) in [5.41, 5.74) is -0.557. The Balaban J connectivity index is 1.33. The number of carbonyl (C=O) groups excluding carboxylic acids is 4. The zero-order valence-electron chi connectivity index (χ0n) is 43.2. The summed E-state index contributed by atoms with van der Waals surface area (Å²) < 4.78 is 29.5. The summed E-state index contributed by atoms with van der Waals surface area (Å²) in [5, 5.41) is 73.2. The van der Waals surface area contributed by atoms with Crippen LogP contribution in [0.3, 0.4) is 0 Å². The molecule has 5 rings (SSSR count). The number of carboxylic acid groups (broad SMARTS) is 2. The fourth-order valence-electron chi connectivity index (χ4n) is 8.65. The summed E-state index contributed by atoms with van der Waals surface area (Å²) in [6.07, 6.45) is -8.41. The van der Waals surface area contributed by atoms with E-state index in [-0.39, 0.29) is 75.0 Å². The highest BCUT2D eigenvalue weighted by molar-refractivity contribution is 5.96. The number of hydrogen-bond acceptors (Lipinski definition) is 18. The molecule has 25 nitrogen and oxygen atoms in total. The molecule has 5 unspecified atom stereocenters. The Bertz CT molecular complexity index is 2490. The number of carbonyl (C=O) groups is 6. The van der Waals surface area contributed by atoms with Crippen molar-refractivity contribution in [2.75, 3.05) is 31.7 Å². The number of aromatic nitrogens is 3. The summed E-state index contributed by atoms with van der Waals surface area (Å²) in [6.45, 7) is 10.9. The second-order valence-corrected chi connectivity index (χ2v) is 19.3. The lowest BCUT2D eigenvalue weighted by atomic mass is 9.93. The minimum atomic E-state index is -2.04. The number of rotatable bonds is 28. The predicted molar refractivity (Wildman–Crippen MR) is 263 cm³/mol. The summed E-state index contributed by atoms with van der Waals surface area (Å²) in [6, 6.07) is 10.4. The highest BCUT2D eigenvalue weighted by Crippen LogP contribution is 2.36. The van der Waals surface area contributed by atoms with Gasteiger partial charge < -0.3 is 59.4 Å². The Morgan fingerprint density at radius 3 is 2.32 bits per heavy atom. The van der Waals surface area contributed by atoms with Crippen LogP contribution in [0.4, 0.5) is 11.4 Å². The number of esters is 1. The van der Waals surface area contributed by atoms with Gasteiger partial charge in [0.15, 0.2) is 11.9 Å². The van der Waals surface area contributed by atoms with Crippen molar-refractivity contribution in [3.8, 4) is 5.75 Å². The molecule has 25 heteroatoms. The van der Waals surface area contributed by atoms with E-state index in [1.165, 1.54) is 29.0 Å². The zero-order chi connectivity index (χ0) is 55.4. The van der Waals surface area contributed by atoms with Crippen LogP contribution in [-0.2, 0) is 67.1 Å². The Kier molecular flexibility index (Phi) is 20.7. The van der Waals surface area contributed by atoms with E-state index >= 15 is 0 Å². The molecule has 412 valence electrons. The average molecular weight is 1060 g/mol. The van der Waals surface area contributed by atoms with Crippen LogP contribution in [0.25, 0.3) is 0 Å². The predicted octanol–water partition coefficient (Wildman–Crippen LogP) is 2.84. The topological polar surface area (TPSA) is 342 Å². The molecule has 1 aromatic heterocycles. The third-order valence-electron chi connectivity index (χ3n) is 13.7. The molecule has 2 aromatic carbocycles. The smallest absolute Gasteiger partial charge is 0.335 e. The first-order valence-corrected chi connectivity index (χ1v) is 24.8. The average Bonchev–Trinajstić information content (AvgIpc) is 3.95. The molecule has 0 aliphatic carbocycles. The van der Waals surface area contributed by atoms with E-state index in [4.69, 9.17) is 23.7 Å². The van der Waals surface area contributed by atoms with Gasteiger partial charge in [0.05, 0.1) is 35.7 Å². The highest BCUT2D eigenvalue weighted by atomic mass is 16.7. The molecule has 10 atom stereocenters. The Morgan fingerprint density at radius 1 is 1.00 bits per heavy atom. The molecule has 0 radical (unpaired) electrons. The van der Waals surface area contributed by atoms with E-state index in [0.29, 0.717) is 43.4 Å². The Morgan fingerprint density at radius 2 is 1.71 bits per heavy atom. The van der Waals surface area contributed by atoms with E-state index in [1.807, 2.05) is 34.6 Å². The number of nitro groups is 1. The van der Waals surface area contributed by atoms with Gasteiger partial charge in [0.25, 0.3) is 0 Å². The monoisotopic (exact) mass is 1060 g/mol. The number of nitro benzene ring substituents is 1. The molecule has 0 bridgehead atoms. The van der Waals surface area contributed by atoms with Gasteiger partial charge in [-0.25, -0.2) is 4.79 Å². The molecule has 3 aromatic rings.